The van der Waals surface area contributed by atoms with E-state index >= 15 is 0 Å². The molecule has 5 N–H and O–H groups in total. The lowest BCUT2D eigenvalue weighted by atomic mass is 9.88. The van der Waals surface area contributed by atoms with Gasteiger partial charge in [0.05, 0.1) is 11.1 Å². The summed E-state index contributed by atoms with van der Waals surface area (Å²) in [7, 11) is 0. The Morgan fingerprint density at radius 1 is 0.891 bits per heavy atom. The van der Waals surface area contributed by atoms with Gasteiger partial charge in [-0.1, -0.05) is 54.6 Å². The summed E-state index contributed by atoms with van der Waals surface area (Å²) in [6, 6.07) is 21.0. The summed E-state index contributed by atoms with van der Waals surface area (Å²) in [6.07, 6.45) is 2.76. The molecule has 1 aliphatic rings. The number of fused-ring (bicyclic) bond motifs is 4. The van der Waals surface area contributed by atoms with Crippen LogP contribution in [0.4, 0.5) is 16.7 Å². The first kappa shape index (κ1) is 28.8. The van der Waals surface area contributed by atoms with Crippen molar-refractivity contribution in [2.45, 2.75) is 44.9 Å². The molecule has 1 unspecified atom stereocenters. The van der Waals surface area contributed by atoms with Crippen LogP contribution in [-0.2, 0) is 16.0 Å². The number of carbonyl (C=O) groups excluding carboxylic acids is 3. The zero-order valence-electron chi connectivity index (χ0n) is 25.4. The van der Waals surface area contributed by atoms with Crippen LogP contribution in [0.1, 0.15) is 54.0 Å². The van der Waals surface area contributed by atoms with Gasteiger partial charge in [0, 0.05) is 35.4 Å². The largest absolute Gasteiger partial charge is 0.444 e. The number of para-hydroxylation sites is 2. The average Bonchev–Trinajstić information content (AvgIpc) is 3.78. The van der Waals surface area contributed by atoms with E-state index in [0.29, 0.717) is 22.5 Å². The van der Waals surface area contributed by atoms with Gasteiger partial charge in [0.15, 0.2) is 0 Å². The molecule has 3 aromatic carbocycles. The number of aromatic nitrogens is 5. The van der Waals surface area contributed by atoms with Crippen molar-refractivity contribution in [3.05, 3.63) is 108 Å². The number of hydrogen-bond donors (Lipinski definition) is 5. The van der Waals surface area contributed by atoms with E-state index in [2.05, 4.69) is 35.6 Å². The summed E-state index contributed by atoms with van der Waals surface area (Å²) in [5.74, 6) is -0.423. The van der Waals surface area contributed by atoms with Gasteiger partial charge in [0.2, 0.25) is 17.8 Å². The summed E-state index contributed by atoms with van der Waals surface area (Å²) < 4.78 is 5.90. The van der Waals surface area contributed by atoms with Gasteiger partial charge in [0.25, 0.3) is 5.91 Å². The molecule has 2 atom stereocenters. The fourth-order valence-electron chi connectivity index (χ4n) is 6.00. The molecular weight excluding hydrogens is 584 g/mol. The molecule has 0 saturated heterocycles. The van der Waals surface area contributed by atoms with Crippen LogP contribution in [0.2, 0.25) is 0 Å². The molecule has 4 heterocycles. The van der Waals surface area contributed by atoms with Crippen molar-refractivity contribution in [1.29, 1.82) is 0 Å². The van der Waals surface area contributed by atoms with Gasteiger partial charge in [-0.15, -0.1) is 0 Å². The number of carbonyl (C=O) groups is 3. The van der Waals surface area contributed by atoms with E-state index in [-0.39, 0.29) is 12.4 Å². The van der Waals surface area contributed by atoms with Gasteiger partial charge in [-0.3, -0.25) is 25.1 Å². The van der Waals surface area contributed by atoms with Gasteiger partial charge in [-0.05, 0) is 50.1 Å². The molecule has 0 spiro atoms. The molecule has 0 bridgehead atoms. The predicted octanol–water partition coefficient (Wildman–Crippen LogP) is 5.91. The van der Waals surface area contributed by atoms with Crippen LogP contribution in [0.5, 0.6) is 0 Å². The van der Waals surface area contributed by atoms with Crippen LogP contribution in [0.3, 0.4) is 0 Å². The van der Waals surface area contributed by atoms with Gasteiger partial charge in [0.1, 0.15) is 23.2 Å². The average molecular weight is 617 g/mol. The van der Waals surface area contributed by atoms with Crippen molar-refractivity contribution < 1.29 is 19.1 Å². The quantitative estimate of drug-likeness (QED) is 0.162. The van der Waals surface area contributed by atoms with Crippen molar-refractivity contribution in [1.82, 2.24) is 29.8 Å². The summed E-state index contributed by atoms with van der Waals surface area (Å²) in [6.45, 7) is 5.39. The zero-order valence-corrected chi connectivity index (χ0v) is 25.4. The van der Waals surface area contributed by atoms with Crippen LogP contribution >= 0.6 is 0 Å². The van der Waals surface area contributed by atoms with Crippen LogP contribution in [0, 0.1) is 0 Å². The molecular formula is C34H32N8O4. The Morgan fingerprint density at radius 3 is 2.41 bits per heavy atom. The topological polar surface area (TPSA) is 161 Å². The molecule has 3 aromatic heterocycles. The van der Waals surface area contributed by atoms with Gasteiger partial charge < -0.3 is 19.7 Å². The van der Waals surface area contributed by atoms with Gasteiger partial charge in [-0.2, -0.15) is 0 Å². The molecule has 12 heteroatoms. The first-order valence-corrected chi connectivity index (χ1v) is 14.9. The minimum absolute atomic E-state index is 0.142. The van der Waals surface area contributed by atoms with Crippen molar-refractivity contribution in [3.8, 4) is 0 Å². The molecule has 0 aliphatic carbocycles. The summed E-state index contributed by atoms with van der Waals surface area (Å²) in [5.41, 5.74) is 3.94. The van der Waals surface area contributed by atoms with Crippen molar-refractivity contribution in [2.75, 3.05) is 10.6 Å². The summed E-state index contributed by atoms with van der Waals surface area (Å²) in [5, 5.41) is 6.57. The number of anilines is 2. The van der Waals surface area contributed by atoms with E-state index in [1.54, 1.807) is 45.2 Å². The van der Waals surface area contributed by atoms with Crippen molar-refractivity contribution in [3.63, 3.8) is 0 Å². The number of imidazole rings is 2. The third kappa shape index (κ3) is 5.34. The number of aromatic amines is 3. The van der Waals surface area contributed by atoms with E-state index in [1.165, 1.54) is 11.1 Å². The monoisotopic (exact) mass is 616 g/mol. The number of rotatable bonds is 5. The SMILES string of the molecule is CC(C)(C)OC(=O)N1C(c2ccccc2)c2[nH]c3ccccc3c2C[C@H]1C(=O)Nc1nc2c(C(=O)Nc3ncc[nH]3)cccc2[nH]1. The molecule has 1 aliphatic heterocycles. The molecule has 0 fully saturated rings. The highest BCUT2D eigenvalue weighted by molar-refractivity contribution is 6.11. The van der Waals surface area contributed by atoms with E-state index < -0.39 is 35.6 Å². The smallest absolute Gasteiger partial charge is 0.411 e. The lowest BCUT2D eigenvalue weighted by Crippen LogP contribution is -2.54. The van der Waals surface area contributed by atoms with Crippen molar-refractivity contribution >= 4 is 51.7 Å². The second-order valence-electron chi connectivity index (χ2n) is 12.2. The molecule has 12 nitrogen and oxygen atoms in total. The number of benzene rings is 3. The van der Waals surface area contributed by atoms with E-state index in [9.17, 15) is 14.4 Å². The number of hydrogen-bond acceptors (Lipinski definition) is 6. The van der Waals surface area contributed by atoms with Crippen LogP contribution in [0.15, 0.2) is 85.2 Å². The highest BCUT2D eigenvalue weighted by atomic mass is 16.6. The summed E-state index contributed by atoms with van der Waals surface area (Å²) >= 11 is 0. The van der Waals surface area contributed by atoms with Crippen LogP contribution < -0.4 is 10.6 Å². The van der Waals surface area contributed by atoms with Gasteiger partial charge >= 0.3 is 6.09 Å². The summed E-state index contributed by atoms with van der Waals surface area (Å²) in [4.78, 5) is 60.9. The molecule has 3 amide bonds. The number of H-pyrrole nitrogens is 3. The lowest BCUT2D eigenvalue weighted by Gasteiger charge is -2.41. The fourth-order valence-corrected chi connectivity index (χ4v) is 6.00. The number of nitrogens with zero attached hydrogens (tertiary/aromatic N) is 3. The van der Waals surface area contributed by atoms with E-state index in [0.717, 1.165) is 27.7 Å². The van der Waals surface area contributed by atoms with Crippen molar-refractivity contribution in [2.24, 2.45) is 0 Å². The number of amides is 3. The molecule has 46 heavy (non-hydrogen) atoms. The third-order valence-electron chi connectivity index (χ3n) is 7.88. The van der Waals surface area contributed by atoms with Crippen LogP contribution in [0.25, 0.3) is 21.9 Å². The maximum absolute atomic E-state index is 14.3. The highest BCUT2D eigenvalue weighted by Gasteiger charge is 2.45. The second-order valence-corrected chi connectivity index (χ2v) is 12.2. The first-order chi connectivity index (χ1) is 22.2. The van der Waals surface area contributed by atoms with Gasteiger partial charge in [-0.25, -0.2) is 14.8 Å². The Hall–Kier alpha value is -5.91. The zero-order chi connectivity index (χ0) is 32.0. The second kappa shape index (κ2) is 11.2. The Labute approximate surface area is 263 Å². The first-order valence-electron chi connectivity index (χ1n) is 14.9. The minimum atomic E-state index is -0.957. The normalized spacial score (nSPS) is 16.3. The Bertz CT molecular complexity index is 2070. The van der Waals surface area contributed by atoms with Crippen LogP contribution in [-0.4, -0.2) is 59.4 Å². The Balaban J connectivity index is 1.28. The predicted molar refractivity (Wildman–Crippen MR) is 173 cm³/mol. The number of ether oxygens (including phenoxy) is 1. The Morgan fingerprint density at radius 2 is 1.65 bits per heavy atom. The molecule has 6 aromatic rings. The lowest BCUT2D eigenvalue weighted by molar-refractivity contribution is -0.122. The number of nitrogens with one attached hydrogen (secondary N) is 5. The minimum Gasteiger partial charge on any atom is -0.444 e. The molecule has 232 valence electrons. The third-order valence-corrected chi connectivity index (χ3v) is 7.88. The molecule has 0 radical (unpaired) electrons. The molecule has 7 rings (SSSR count). The fraction of sp³-hybridized carbons (Fsp3) is 0.206. The molecule has 0 saturated carbocycles. The Kier molecular flexibility index (Phi) is 7.04. The van der Waals surface area contributed by atoms with E-state index in [1.807, 2.05) is 54.6 Å². The maximum Gasteiger partial charge on any atom is 0.411 e. The standard InChI is InChI=1S/C34H32N8O4/c1-34(2,3)46-33(45)42-25(18-22-20-12-7-8-14-23(20)37-27(22)28(42)19-10-5-4-6-11-19)30(44)41-32-38-24-15-9-13-21(26(24)39-32)29(43)40-31-35-16-17-36-31/h4-17,25,28,37H,18H2,1-3H3,(H2,35,36,40,43)(H2,38,39,41,44)/t25-,28?/m0/s1. The van der Waals surface area contributed by atoms with E-state index in [4.69, 9.17) is 4.74 Å². The maximum atomic E-state index is 14.3. The highest BCUT2D eigenvalue weighted by Crippen LogP contribution is 2.42.